The first kappa shape index (κ1) is 97.6. The summed E-state index contributed by atoms with van der Waals surface area (Å²) in [6.07, 6.45) is 0.154. The minimum Gasteiger partial charge on any atom is -0.497 e. The lowest BCUT2D eigenvalue weighted by molar-refractivity contribution is 0.242. The van der Waals surface area contributed by atoms with Crippen LogP contribution in [0.2, 0.25) is 0 Å². The van der Waals surface area contributed by atoms with E-state index in [2.05, 4.69) is 423 Å². The maximum absolute atomic E-state index is 6.18. The van der Waals surface area contributed by atoms with E-state index in [0.717, 1.165) is 98.5 Å². The maximum atomic E-state index is 6.18. The molecular formula is C124H138N8O7. The van der Waals surface area contributed by atoms with Crippen LogP contribution < -0.4 is 72.4 Å². The summed E-state index contributed by atoms with van der Waals surface area (Å²) in [5.74, 6) is 8.03. The zero-order chi connectivity index (χ0) is 98.9. The second kappa shape index (κ2) is 41.1. The molecule has 0 N–H and O–H groups in total. The molecule has 139 heavy (non-hydrogen) atoms. The number of fused-ring (bicyclic) bond motifs is 9. The first-order chi connectivity index (χ1) is 66.7. The van der Waals surface area contributed by atoms with Crippen LogP contribution in [0.5, 0.6) is 51.7 Å². The fourth-order valence-electron chi connectivity index (χ4n) is 20.4. The Kier molecular flexibility index (Phi) is 28.9. The van der Waals surface area contributed by atoms with Crippen molar-refractivity contribution >= 4 is 102 Å². The van der Waals surface area contributed by atoms with Crippen LogP contribution in [0.25, 0.3) is 55.3 Å². The topological polar surface area (TPSA) is 90.5 Å². The normalized spacial score (nSPS) is 12.8. The van der Waals surface area contributed by atoms with E-state index in [9.17, 15) is 0 Å². The molecule has 15 heteroatoms. The number of anilines is 16. The average molecular weight is 1850 g/mol. The van der Waals surface area contributed by atoms with Gasteiger partial charge in [0.1, 0.15) is 51.7 Å². The molecule has 0 aliphatic carbocycles. The van der Waals surface area contributed by atoms with Crippen LogP contribution in [0.4, 0.5) is 91.0 Å². The van der Waals surface area contributed by atoms with Gasteiger partial charge in [-0.1, -0.05) is 138 Å². The highest BCUT2D eigenvalue weighted by Gasteiger charge is 2.37. The van der Waals surface area contributed by atoms with Gasteiger partial charge in [-0.05, 0) is 369 Å². The van der Waals surface area contributed by atoms with Crippen LogP contribution in [0.3, 0.4) is 0 Å². The van der Waals surface area contributed by atoms with Gasteiger partial charge >= 0.3 is 0 Å². The lowest BCUT2D eigenvalue weighted by Crippen LogP contribution is -2.37. The van der Waals surface area contributed by atoms with E-state index in [0.29, 0.717) is 30.1 Å². The second-order valence-electron chi connectivity index (χ2n) is 39.4. The predicted octanol–water partition coefficient (Wildman–Crippen LogP) is 33.9. The Morgan fingerprint density at radius 1 is 0.273 bits per heavy atom. The van der Waals surface area contributed by atoms with E-state index in [1.807, 2.05) is 60.7 Å². The number of hydrogen-bond donors (Lipinski definition) is 0. The number of benzene rings is 15. The van der Waals surface area contributed by atoms with Gasteiger partial charge in [0.25, 0.3) is 0 Å². The molecule has 0 spiro atoms. The first-order valence-electron chi connectivity index (χ1n) is 49.2. The minimum atomic E-state index is 0.105. The van der Waals surface area contributed by atoms with E-state index in [-0.39, 0.29) is 11.5 Å². The highest BCUT2D eigenvalue weighted by Crippen LogP contribution is 2.57. The van der Waals surface area contributed by atoms with Gasteiger partial charge in [-0.15, -0.1) is 0 Å². The third kappa shape index (κ3) is 19.7. The Morgan fingerprint density at radius 2 is 0.691 bits per heavy atom. The van der Waals surface area contributed by atoms with E-state index in [1.165, 1.54) is 146 Å². The lowest BCUT2D eigenvalue weighted by Gasteiger charge is -2.44. The molecule has 4 aliphatic heterocycles. The molecule has 0 aromatic heterocycles. The van der Waals surface area contributed by atoms with Gasteiger partial charge in [0.05, 0.1) is 126 Å². The number of ether oxygens (including phenoxy) is 7. The maximum Gasteiger partial charge on any atom is 0.131 e. The second-order valence-corrected chi connectivity index (χ2v) is 39.4. The van der Waals surface area contributed by atoms with E-state index < -0.39 is 0 Å². The monoisotopic (exact) mass is 1850 g/mol. The fourth-order valence-corrected chi connectivity index (χ4v) is 20.4. The van der Waals surface area contributed by atoms with Crippen molar-refractivity contribution in [2.75, 3.05) is 94.8 Å². The van der Waals surface area contributed by atoms with Crippen molar-refractivity contribution in [2.45, 2.75) is 187 Å². The number of rotatable bonds is 21. The summed E-state index contributed by atoms with van der Waals surface area (Å²) >= 11 is 0. The van der Waals surface area contributed by atoms with Crippen molar-refractivity contribution in [3.8, 4) is 96.3 Å². The highest BCUT2D eigenvalue weighted by atomic mass is 16.5. The Bertz CT molecular complexity index is 6970. The molecule has 0 saturated heterocycles. The zero-order valence-electron chi connectivity index (χ0n) is 86.4. The summed E-state index contributed by atoms with van der Waals surface area (Å²) in [7, 11) is 11.1. The number of aryl methyl sites for hydroxylation is 4. The van der Waals surface area contributed by atoms with Crippen LogP contribution in [0, 0.1) is 27.7 Å². The van der Waals surface area contributed by atoms with E-state index >= 15 is 0 Å². The van der Waals surface area contributed by atoms with Gasteiger partial charge in [0, 0.05) is 74.9 Å². The van der Waals surface area contributed by atoms with Crippen LogP contribution in [0.15, 0.2) is 285 Å². The number of para-hydroxylation sites is 3. The molecule has 0 fully saturated rings. The number of methoxy groups -OCH3 is 4. The summed E-state index contributed by atoms with van der Waals surface area (Å²) in [5.41, 5.74) is 36.9. The molecule has 4 aliphatic rings. The van der Waals surface area contributed by atoms with Gasteiger partial charge in [-0.3, -0.25) is 0 Å². The summed E-state index contributed by atoms with van der Waals surface area (Å²) in [6.45, 7) is 48.4. The van der Waals surface area contributed by atoms with Crippen LogP contribution in [0.1, 0.15) is 157 Å². The highest BCUT2D eigenvalue weighted by molar-refractivity contribution is 6.04. The van der Waals surface area contributed by atoms with E-state index in [4.69, 9.17) is 33.2 Å². The number of hydrogen-bond acceptors (Lipinski definition) is 15. The Labute approximate surface area is 826 Å². The Hall–Kier alpha value is -14.4. The lowest BCUT2D eigenvalue weighted by atomic mass is 9.85. The molecule has 4 heterocycles. The summed E-state index contributed by atoms with van der Waals surface area (Å²) in [6, 6.07) is 103. The van der Waals surface area contributed by atoms with Crippen molar-refractivity contribution in [1.82, 2.24) is 0 Å². The molecule has 15 aromatic rings. The van der Waals surface area contributed by atoms with Gasteiger partial charge in [-0.2, -0.15) is 0 Å². The SMILES string of the molecule is CCN1c2ccc(-c3ccc(OC(C)C)cc3C(C)C)cc2N(CC)c2ccc(Oc3ccccc3)cc21.COc1cc(C)c(-c2ccc3c(c2)N(C(C)C)c2ccc(C(C)(C)C)cc2N3C(C)C)cc1C.COc1ccc(-c2ccc3c(c2)N(C(C)C)c2ccccc2N3C(C)C)c2ccccc12.COc1cccc(Oc2ccc3c(c2)N(C)c2ccc(-c4c(C)cc(OC)cc4C)cc2N3C)c1. The third-order valence-corrected chi connectivity index (χ3v) is 27.0. The molecule has 15 aromatic carbocycles. The molecule has 716 valence electrons. The molecule has 0 saturated carbocycles. The van der Waals surface area contributed by atoms with Gasteiger partial charge < -0.3 is 72.4 Å². The van der Waals surface area contributed by atoms with E-state index in [1.54, 1.807) is 28.4 Å². The average Bonchev–Trinajstić information content (AvgIpc) is 0.743. The fraction of sp³-hybridized carbons (Fsp3) is 0.290. The molecule has 0 amide bonds. The quantitative estimate of drug-likeness (QED) is 0.0683. The Morgan fingerprint density at radius 3 is 1.24 bits per heavy atom. The van der Waals surface area contributed by atoms with Gasteiger partial charge in [0.2, 0.25) is 0 Å². The molecule has 15 nitrogen and oxygen atoms in total. The van der Waals surface area contributed by atoms with Crippen molar-refractivity contribution < 1.29 is 33.2 Å². The predicted molar refractivity (Wildman–Crippen MR) is 588 cm³/mol. The van der Waals surface area contributed by atoms with Crippen LogP contribution >= 0.6 is 0 Å². The summed E-state index contributed by atoms with van der Waals surface area (Å²) in [4.78, 5) is 19.2. The van der Waals surface area contributed by atoms with Crippen LogP contribution in [-0.4, -0.2) is 85.9 Å². The largest absolute Gasteiger partial charge is 0.497 e. The smallest absolute Gasteiger partial charge is 0.131 e. The van der Waals surface area contributed by atoms with Gasteiger partial charge in [0.15, 0.2) is 0 Å². The van der Waals surface area contributed by atoms with Crippen molar-refractivity contribution in [3.63, 3.8) is 0 Å². The molecule has 0 atom stereocenters. The third-order valence-electron chi connectivity index (χ3n) is 27.0. The number of nitrogens with zero attached hydrogens (tertiary/aromatic N) is 8. The molecule has 0 bridgehead atoms. The Balaban J connectivity index is 0.000000134. The zero-order valence-corrected chi connectivity index (χ0v) is 86.4. The van der Waals surface area contributed by atoms with Crippen molar-refractivity contribution in [3.05, 3.63) is 318 Å². The summed E-state index contributed by atoms with van der Waals surface area (Å²) < 4.78 is 40.3. The van der Waals surface area contributed by atoms with Crippen LogP contribution in [-0.2, 0) is 5.41 Å². The molecule has 0 radical (unpaired) electrons. The molecule has 0 unspecified atom stereocenters. The first-order valence-corrected chi connectivity index (χ1v) is 49.2. The van der Waals surface area contributed by atoms with Crippen molar-refractivity contribution in [1.29, 1.82) is 0 Å². The molecular weight excluding hydrogens is 1710 g/mol. The molecule has 19 rings (SSSR count). The minimum absolute atomic E-state index is 0.105. The summed E-state index contributed by atoms with van der Waals surface area (Å²) in [5, 5.41) is 2.35. The standard InChI is InChI=1S/C34H38N2O2.C31H40N2O.C30H30N2O3.C29H30N2O/c1-7-35-32-19-16-28(38-26-12-10-9-11-13-26)22-34(32)36(8-2)31-18-14-25(20-33(31)35)29-17-15-27(37-24(5)6)21-30(29)23(3)4;1-19(2)32-27-14-12-24(31(7,8)9)18-29(27)33(20(3)4)26-13-11-23(17-28(26)32)25-15-22(6)30(34-10)16-21(25)5;1-19-14-25(34-6)15-20(2)30(19)21-10-12-26-28(16-21)31(3)27-13-11-24(18-29(27)32(26)4)35-23-9-7-8-22(17-23)33-5;1-19(2)30-25-12-8-9-13-26(25)31(20(3)4)28-18-21(14-16-27(28)30)22-15-17-29(32-5)24-11-7-6-10-23(22)24/h9-24H,7-8H2,1-6H3;11-20H,1-10H3;7-18H,1-6H3;6-20H,1-5H3. The van der Waals surface area contributed by atoms with Crippen molar-refractivity contribution in [2.24, 2.45) is 0 Å². The van der Waals surface area contributed by atoms with Gasteiger partial charge in [-0.25, -0.2) is 0 Å².